The van der Waals surface area contributed by atoms with Crippen LogP contribution in [0.2, 0.25) is 0 Å². The van der Waals surface area contributed by atoms with E-state index in [2.05, 4.69) is 10.3 Å². The minimum atomic E-state index is -0.906. The Hall–Kier alpha value is -3.29. The number of hydrogen-bond donors (Lipinski definition) is 3. The van der Waals surface area contributed by atoms with Gasteiger partial charge in [-0.2, -0.15) is 0 Å². The van der Waals surface area contributed by atoms with Gasteiger partial charge in [0.2, 0.25) is 0 Å². The summed E-state index contributed by atoms with van der Waals surface area (Å²) in [5.74, 6) is -3.39. The van der Waals surface area contributed by atoms with Gasteiger partial charge in [0.1, 0.15) is 11.6 Å². The first-order valence-electron chi connectivity index (χ1n) is 8.82. The fraction of sp³-hybridized carbons (Fsp3) is 0.250. The number of carboxylic acids is 1. The molecule has 2 aromatic carbocycles. The lowest BCUT2D eigenvalue weighted by Gasteiger charge is -2.14. The molecule has 0 radical (unpaired) electrons. The molecular formula is C20H16F2N2O4. The van der Waals surface area contributed by atoms with Crippen LogP contribution >= 0.6 is 0 Å². The fourth-order valence-electron chi connectivity index (χ4n) is 3.79. The van der Waals surface area contributed by atoms with Crippen molar-refractivity contribution in [3.05, 3.63) is 57.8 Å². The maximum atomic E-state index is 14.1. The average Bonchev–Trinajstić information content (AvgIpc) is 3.11. The number of amides is 1. The molecule has 0 bridgehead atoms. The van der Waals surface area contributed by atoms with E-state index < -0.39 is 34.9 Å². The molecule has 6 nitrogen and oxygen atoms in total. The number of halogens is 2. The second kappa shape index (κ2) is 6.70. The Morgan fingerprint density at radius 1 is 1.07 bits per heavy atom. The molecule has 0 aliphatic heterocycles. The zero-order valence-electron chi connectivity index (χ0n) is 14.6. The molecule has 8 heteroatoms. The van der Waals surface area contributed by atoms with Crippen LogP contribution in [0.25, 0.3) is 21.8 Å². The van der Waals surface area contributed by atoms with Gasteiger partial charge in [-0.05, 0) is 49.6 Å². The first-order chi connectivity index (χ1) is 13.3. The molecule has 28 heavy (non-hydrogen) atoms. The molecule has 1 aliphatic carbocycles. The van der Waals surface area contributed by atoms with Crippen molar-refractivity contribution in [1.29, 1.82) is 0 Å². The Morgan fingerprint density at radius 3 is 2.54 bits per heavy atom. The molecule has 3 aromatic rings. The average molecular weight is 386 g/mol. The molecule has 1 saturated carbocycles. The highest BCUT2D eigenvalue weighted by atomic mass is 19.1. The van der Waals surface area contributed by atoms with E-state index in [1.807, 2.05) is 0 Å². The number of benzene rings is 2. The number of aliphatic carboxylic acids is 1. The summed E-state index contributed by atoms with van der Waals surface area (Å²) in [5, 5.41) is 11.8. The van der Waals surface area contributed by atoms with Crippen molar-refractivity contribution in [2.24, 2.45) is 5.92 Å². The Morgan fingerprint density at radius 2 is 1.82 bits per heavy atom. The van der Waals surface area contributed by atoms with Crippen LogP contribution < -0.4 is 10.7 Å². The van der Waals surface area contributed by atoms with Gasteiger partial charge in [0.05, 0.1) is 17.0 Å². The van der Waals surface area contributed by atoms with Gasteiger partial charge >= 0.3 is 5.97 Å². The molecule has 0 unspecified atom stereocenters. The van der Waals surface area contributed by atoms with E-state index in [-0.39, 0.29) is 27.9 Å². The molecule has 1 fully saturated rings. The van der Waals surface area contributed by atoms with Gasteiger partial charge in [0.25, 0.3) is 5.91 Å². The van der Waals surface area contributed by atoms with Crippen molar-refractivity contribution < 1.29 is 23.5 Å². The monoisotopic (exact) mass is 386 g/mol. The molecular weight excluding hydrogens is 370 g/mol. The molecule has 0 spiro atoms. The summed E-state index contributed by atoms with van der Waals surface area (Å²) in [6, 6.07) is 5.30. The molecule has 1 aliphatic rings. The van der Waals surface area contributed by atoms with Gasteiger partial charge in [0.15, 0.2) is 5.43 Å². The highest BCUT2D eigenvalue weighted by Crippen LogP contribution is 2.27. The van der Waals surface area contributed by atoms with E-state index >= 15 is 0 Å². The molecule has 2 atom stereocenters. The summed E-state index contributed by atoms with van der Waals surface area (Å²) in [7, 11) is 0. The zero-order valence-corrected chi connectivity index (χ0v) is 14.6. The van der Waals surface area contributed by atoms with Crippen molar-refractivity contribution in [1.82, 2.24) is 10.3 Å². The van der Waals surface area contributed by atoms with E-state index in [1.54, 1.807) is 0 Å². The van der Waals surface area contributed by atoms with Gasteiger partial charge in [-0.25, -0.2) is 8.78 Å². The van der Waals surface area contributed by atoms with Gasteiger partial charge in [-0.15, -0.1) is 0 Å². The standard InChI is InChI=1S/C20H16F2N2O4/c21-10-2-4-16-13(6-10)18(25)14-7-11(22)8-15(17(14)24-16)19(26)23-12-3-1-9(5-12)20(27)28/h2,4,6-9,12H,1,3,5H2,(H,23,26)(H,24,25)(H,27,28)/t9-,12+/m1/s1. The van der Waals surface area contributed by atoms with E-state index in [0.29, 0.717) is 24.8 Å². The van der Waals surface area contributed by atoms with Crippen LogP contribution in [0.3, 0.4) is 0 Å². The maximum Gasteiger partial charge on any atom is 0.306 e. The summed E-state index contributed by atoms with van der Waals surface area (Å²) in [4.78, 5) is 39.4. The first kappa shape index (κ1) is 18.1. The third-order valence-corrected chi connectivity index (χ3v) is 5.20. The lowest BCUT2D eigenvalue weighted by Crippen LogP contribution is -2.33. The topological polar surface area (TPSA) is 99.3 Å². The molecule has 4 rings (SSSR count). The maximum absolute atomic E-state index is 14.1. The van der Waals surface area contributed by atoms with Crippen molar-refractivity contribution in [2.75, 3.05) is 0 Å². The zero-order chi connectivity index (χ0) is 20.0. The molecule has 144 valence electrons. The SMILES string of the molecule is O=C(N[C@H]1CC[C@@H](C(=O)O)C1)c1cc(F)cc2c(=O)c3cc(F)ccc3[nH]c12. The summed E-state index contributed by atoms with van der Waals surface area (Å²) < 4.78 is 27.6. The predicted octanol–water partition coefficient (Wildman–Crippen LogP) is 2.94. The smallest absolute Gasteiger partial charge is 0.306 e. The van der Waals surface area contributed by atoms with E-state index in [4.69, 9.17) is 5.11 Å². The Kier molecular flexibility index (Phi) is 4.33. The highest BCUT2D eigenvalue weighted by Gasteiger charge is 2.31. The minimum absolute atomic E-state index is 0.0573. The van der Waals surface area contributed by atoms with Gasteiger partial charge < -0.3 is 15.4 Å². The van der Waals surface area contributed by atoms with E-state index in [9.17, 15) is 23.2 Å². The van der Waals surface area contributed by atoms with Crippen molar-refractivity contribution in [2.45, 2.75) is 25.3 Å². The molecule has 1 heterocycles. The number of rotatable bonds is 3. The van der Waals surface area contributed by atoms with E-state index in [1.165, 1.54) is 12.1 Å². The Bertz CT molecular complexity index is 1190. The van der Waals surface area contributed by atoms with Crippen LogP contribution in [-0.2, 0) is 4.79 Å². The Balaban J connectivity index is 1.77. The Labute approximate surface area is 157 Å². The van der Waals surface area contributed by atoms with Crippen LogP contribution in [0.5, 0.6) is 0 Å². The number of aromatic amines is 1. The van der Waals surface area contributed by atoms with Crippen molar-refractivity contribution >= 4 is 33.7 Å². The molecule has 1 aromatic heterocycles. The lowest BCUT2D eigenvalue weighted by atomic mass is 10.0. The van der Waals surface area contributed by atoms with Crippen LogP contribution in [-0.4, -0.2) is 28.0 Å². The normalized spacial score (nSPS) is 19.2. The highest BCUT2D eigenvalue weighted by molar-refractivity contribution is 6.07. The second-order valence-corrected chi connectivity index (χ2v) is 7.04. The summed E-state index contributed by atoms with van der Waals surface area (Å²) in [6.07, 6.45) is 1.26. The number of nitrogens with one attached hydrogen (secondary N) is 2. The number of carbonyl (C=O) groups excluding carboxylic acids is 1. The number of aromatic nitrogens is 1. The third-order valence-electron chi connectivity index (χ3n) is 5.20. The lowest BCUT2D eigenvalue weighted by molar-refractivity contribution is -0.141. The summed E-state index contributed by atoms with van der Waals surface area (Å²) >= 11 is 0. The quantitative estimate of drug-likeness (QED) is 0.603. The van der Waals surface area contributed by atoms with Gasteiger partial charge in [-0.3, -0.25) is 14.4 Å². The largest absolute Gasteiger partial charge is 0.481 e. The third kappa shape index (κ3) is 3.11. The van der Waals surface area contributed by atoms with Crippen molar-refractivity contribution in [3.8, 4) is 0 Å². The van der Waals surface area contributed by atoms with Crippen molar-refractivity contribution in [3.63, 3.8) is 0 Å². The predicted molar refractivity (Wildman–Crippen MR) is 98.2 cm³/mol. The number of carboxylic acid groups (broad SMARTS) is 1. The molecule has 0 saturated heterocycles. The number of carbonyl (C=O) groups is 2. The van der Waals surface area contributed by atoms with Crippen LogP contribution in [0.15, 0.2) is 35.1 Å². The minimum Gasteiger partial charge on any atom is -0.481 e. The number of H-pyrrole nitrogens is 1. The van der Waals surface area contributed by atoms with Gasteiger partial charge in [0, 0.05) is 22.3 Å². The first-order valence-corrected chi connectivity index (χ1v) is 8.82. The van der Waals surface area contributed by atoms with Gasteiger partial charge in [-0.1, -0.05) is 0 Å². The summed E-state index contributed by atoms with van der Waals surface area (Å²) in [5.41, 5.74) is -0.164. The van der Waals surface area contributed by atoms with Crippen LogP contribution in [0.1, 0.15) is 29.6 Å². The fourth-order valence-corrected chi connectivity index (χ4v) is 3.79. The molecule has 3 N–H and O–H groups in total. The number of fused-ring (bicyclic) bond motifs is 2. The van der Waals surface area contributed by atoms with Crippen LogP contribution in [0, 0.1) is 17.6 Å². The number of hydrogen-bond acceptors (Lipinski definition) is 3. The summed E-state index contributed by atoms with van der Waals surface area (Å²) in [6.45, 7) is 0. The molecule has 1 amide bonds. The number of pyridine rings is 1. The van der Waals surface area contributed by atoms with E-state index in [0.717, 1.165) is 18.2 Å². The second-order valence-electron chi connectivity index (χ2n) is 7.04. The van der Waals surface area contributed by atoms with Crippen LogP contribution in [0.4, 0.5) is 8.78 Å².